The van der Waals surface area contributed by atoms with E-state index in [1.54, 1.807) is 32.4 Å². The molecule has 1 aromatic heterocycles. The Morgan fingerprint density at radius 1 is 1.28 bits per heavy atom. The van der Waals surface area contributed by atoms with Crippen molar-refractivity contribution in [3.8, 4) is 11.1 Å². The molecule has 0 bridgehead atoms. The number of primary amides is 1. The number of nitrogens with one attached hydrogen (secondary N) is 1. The number of nitrogens with zero attached hydrogens (tertiary/aromatic N) is 2. The van der Waals surface area contributed by atoms with Gasteiger partial charge in [-0.15, -0.1) is 0 Å². The number of hydrogen-bond acceptors (Lipinski definition) is 4. The maximum absolute atomic E-state index is 15.2. The van der Waals surface area contributed by atoms with Crippen molar-refractivity contribution in [1.29, 1.82) is 0 Å². The van der Waals surface area contributed by atoms with Gasteiger partial charge in [-0.25, -0.2) is 9.37 Å². The first-order chi connectivity index (χ1) is 13.7. The highest BCUT2D eigenvalue weighted by molar-refractivity contribution is 5.95. The number of anilines is 1. The molecule has 0 radical (unpaired) electrons. The number of pyridine rings is 1. The summed E-state index contributed by atoms with van der Waals surface area (Å²) in [5.74, 6) is -0.456. The molecule has 1 fully saturated rings. The van der Waals surface area contributed by atoms with Crippen molar-refractivity contribution in [2.75, 3.05) is 26.0 Å². The summed E-state index contributed by atoms with van der Waals surface area (Å²) >= 11 is 0. The molecule has 1 aliphatic heterocycles. The van der Waals surface area contributed by atoms with Gasteiger partial charge in [-0.05, 0) is 31.4 Å². The van der Waals surface area contributed by atoms with Crippen LogP contribution < -0.4 is 11.1 Å². The maximum Gasteiger partial charge on any atom is 0.256 e. The van der Waals surface area contributed by atoms with Gasteiger partial charge in [0, 0.05) is 54.4 Å². The minimum Gasteiger partial charge on any atom is -0.369 e. The summed E-state index contributed by atoms with van der Waals surface area (Å²) in [4.78, 5) is 30.1. The second kappa shape index (κ2) is 6.54. The van der Waals surface area contributed by atoms with E-state index in [0.717, 1.165) is 24.2 Å². The molecule has 2 aliphatic rings. The number of fused-ring (bicyclic) bond motifs is 2. The standard InChI is InChI=1S/C22H25FN4O2/c1-21(20(24)29)7-8-22(11-21)12-26-18-16(22)9-13(10-25-18)14-5-4-6-15(17(14)23)19(28)27(2)3/h4-6,9-10H,7-8,11-12H2,1-3H3,(H2,24,29)(H,25,26)/t21-,22-/m1/s1. The number of carbonyl (C=O) groups is 2. The molecule has 0 saturated heterocycles. The van der Waals surface area contributed by atoms with E-state index in [1.807, 2.05) is 13.0 Å². The fraction of sp³-hybridized carbons (Fsp3) is 0.409. The molecule has 0 unspecified atom stereocenters. The number of amides is 2. The van der Waals surface area contributed by atoms with Crippen LogP contribution in [0.25, 0.3) is 11.1 Å². The highest BCUT2D eigenvalue weighted by Crippen LogP contribution is 2.54. The van der Waals surface area contributed by atoms with Crippen LogP contribution in [0.5, 0.6) is 0 Å². The summed E-state index contributed by atoms with van der Waals surface area (Å²) in [6.07, 6.45) is 3.80. The van der Waals surface area contributed by atoms with Crippen LogP contribution in [0.15, 0.2) is 30.5 Å². The van der Waals surface area contributed by atoms with Crippen LogP contribution in [0, 0.1) is 11.2 Å². The van der Waals surface area contributed by atoms with Crippen molar-refractivity contribution in [3.05, 3.63) is 47.4 Å². The molecule has 1 aliphatic carbocycles. The van der Waals surface area contributed by atoms with E-state index in [2.05, 4.69) is 10.3 Å². The molecule has 29 heavy (non-hydrogen) atoms. The van der Waals surface area contributed by atoms with E-state index in [1.165, 1.54) is 11.0 Å². The van der Waals surface area contributed by atoms with Gasteiger partial charge in [-0.2, -0.15) is 0 Å². The molecule has 152 valence electrons. The summed E-state index contributed by atoms with van der Waals surface area (Å²) < 4.78 is 15.2. The molecular formula is C22H25FN4O2. The first kappa shape index (κ1) is 19.4. The lowest BCUT2D eigenvalue weighted by Crippen LogP contribution is -2.35. The number of hydrogen-bond donors (Lipinski definition) is 2. The summed E-state index contributed by atoms with van der Waals surface area (Å²) in [5.41, 5.74) is 6.83. The van der Waals surface area contributed by atoms with Gasteiger partial charge in [0.2, 0.25) is 5.91 Å². The molecule has 2 atom stereocenters. The number of halogens is 1. The third-order valence-corrected chi connectivity index (χ3v) is 6.48. The van der Waals surface area contributed by atoms with Crippen LogP contribution in [0.2, 0.25) is 0 Å². The number of carbonyl (C=O) groups excluding carboxylic acids is 2. The first-order valence-electron chi connectivity index (χ1n) is 9.72. The van der Waals surface area contributed by atoms with Gasteiger partial charge >= 0.3 is 0 Å². The fourth-order valence-corrected chi connectivity index (χ4v) is 4.70. The van der Waals surface area contributed by atoms with Crippen LogP contribution in [0.3, 0.4) is 0 Å². The minimum atomic E-state index is -0.554. The molecule has 6 nitrogen and oxygen atoms in total. The molecule has 2 amide bonds. The van der Waals surface area contributed by atoms with Crippen molar-refractivity contribution in [2.24, 2.45) is 11.1 Å². The molecule has 4 rings (SSSR count). The van der Waals surface area contributed by atoms with Crippen molar-refractivity contribution < 1.29 is 14.0 Å². The average molecular weight is 396 g/mol. The van der Waals surface area contributed by atoms with E-state index >= 15 is 4.39 Å². The quantitative estimate of drug-likeness (QED) is 0.835. The van der Waals surface area contributed by atoms with E-state index in [0.29, 0.717) is 24.1 Å². The summed E-state index contributed by atoms with van der Waals surface area (Å²) in [5, 5.41) is 3.33. The monoisotopic (exact) mass is 396 g/mol. The minimum absolute atomic E-state index is 0.0306. The highest BCUT2D eigenvalue weighted by atomic mass is 19.1. The predicted molar refractivity (Wildman–Crippen MR) is 109 cm³/mol. The zero-order valence-corrected chi connectivity index (χ0v) is 16.9. The van der Waals surface area contributed by atoms with Crippen LogP contribution >= 0.6 is 0 Å². The summed E-state index contributed by atoms with van der Waals surface area (Å²) in [6.45, 7) is 2.60. The molecule has 3 N–H and O–H groups in total. The highest BCUT2D eigenvalue weighted by Gasteiger charge is 2.52. The second-order valence-corrected chi connectivity index (χ2v) is 8.72. The Labute approximate surface area is 169 Å². The van der Waals surface area contributed by atoms with Gasteiger partial charge in [0.25, 0.3) is 5.91 Å². The topological polar surface area (TPSA) is 88.3 Å². The number of aromatic nitrogens is 1. The Morgan fingerprint density at radius 2 is 2.03 bits per heavy atom. The molecule has 7 heteroatoms. The van der Waals surface area contributed by atoms with E-state index in [4.69, 9.17) is 5.73 Å². The van der Waals surface area contributed by atoms with Crippen LogP contribution in [0.1, 0.15) is 42.1 Å². The SMILES string of the molecule is CN(C)C(=O)c1cccc(-c2cnc3c(c2)[C@@]2(CC[C@@](C)(C(N)=O)C2)CN3)c1F. The molecule has 2 heterocycles. The lowest BCUT2D eigenvalue weighted by atomic mass is 9.76. The summed E-state index contributed by atoms with van der Waals surface area (Å²) in [6, 6.07) is 6.76. The second-order valence-electron chi connectivity index (χ2n) is 8.72. The normalized spacial score (nSPS) is 25.0. The maximum atomic E-state index is 15.2. The Balaban J connectivity index is 1.77. The molecular weight excluding hydrogens is 371 g/mol. The van der Waals surface area contributed by atoms with E-state index < -0.39 is 11.2 Å². The predicted octanol–water partition coefficient (Wildman–Crippen LogP) is 2.93. The smallest absolute Gasteiger partial charge is 0.256 e. The molecule has 1 aromatic carbocycles. The van der Waals surface area contributed by atoms with Crippen molar-refractivity contribution in [1.82, 2.24) is 9.88 Å². The number of nitrogens with two attached hydrogens (primary N) is 1. The third kappa shape index (κ3) is 2.96. The molecule has 1 spiro atoms. The first-order valence-corrected chi connectivity index (χ1v) is 9.72. The average Bonchev–Trinajstić information content (AvgIpc) is 3.23. The Morgan fingerprint density at radius 3 is 2.69 bits per heavy atom. The fourth-order valence-electron chi connectivity index (χ4n) is 4.70. The lowest BCUT2D eigenvalue weighted by molar-refractivity contribution is -0.126. The number of rotatable bonds is 3. The van der Waals surface area contributed by atoms with E-state index in [9.17, 15) is 9.59 Å². The van der Waals surface area contributed by atoms with Crippen molar-refractivity contribution in [3.63, 3.8) is 0 Å². The van der Waals surface area contributed by atoms with Gasteiger partial charge in [0.05, 0.1) is 5.56 Å². The Bertz CT molecular complexity index is 1020. The zero-order chi connectivity index (χ0) is 21.0. The summed E-state index contributed by atoms with van der Waals surface area (Å²) in [7, 11) is 3.19. The van der Waals surface area contributed by atoms with Gasteiger partial charge in [0.1, 0.15) is 11.6 Å². The lowest BCUT2D eigenvalue weighted by Gasteiger charge is -2.26. The Kier molecular flexibility index (Phi) is 4.37. The van der Waals surface area contributed by atoms with E-state index in [-0.39, 0.29) is 22.8 Å². The number of benzene rings is 1. The van der Waals surface area contributed by atoms with Crippen molar-refractivity contribution >= 4 is 17.6 Å². The van der Waals surface area contributed by atoms with Crippen LogP contribution in [0.4, 0.5) is 10.2 Å². The largest absolute Gasteiger partial charge is 0.369 e. The Hall–Kier alpha value is -2.96. The third-order valence-electron chi connectivity index (χ3n) is 6.48. The van der Waals surface area contributed by atoms with Gasteiger partial charge in [-0.3, -0.25) is 9.59 Å². The molecule has 1 saturated carbocycles. The van der Waals surface area contributed by atoms with Gasteiger partial charge < -0.3 is 16.0 Å². The van der Waals surface area contributed by atoms with Gasteiger partial charge in [-0.1, -0.05) is 19.1 Å². The van der Waals surface area contributed by atoms with Crippen molar-refractivity contribution in [2.45, 2.75) is 31.6 Å². The van der Waals surface area contributed by atoms with Gasteiger partial charge in [0.15, 0.2) is 0 Å². The van der Waals surface area contributed by atoms with Crippen LogP contribution in [-0.4, -0.2) is 42.3 Å². The zero-order valence-electron chi connectivity index (χ0n) is 16.9. The van der Waals surface area contributed by atoms with Crippen LogP contribution in [-0.2, 0) is 10.2 Å². The molecule has 2 aromatic rings.